The van der Waals surface area contributed by atoms with E-state index < -0.39 is 11.8 Å². The van der Waals surface area contributed by atoms with Gasteiger partial charge in [0, 0.05) is 10.6 Å². The zero-order valence-corrected chi connectivity index (χ0v) is 17.1. The Hall–Kier alpha value is -0.380. The zero-order valence-electron chi connectivity index (χ0n) is 10.6. The number of rotatable bonds is 5. The molecule has 3 amide bonds. The monoisotopic (exact) mass is 629 g/mol. The third-order valence-corrected chi connectivity index (χ3v) is 5.53. The van der Waals surface area contributed by atoms with E-state index in [1.165, 1.54) is 7.05 Å². The van der Waals surface area contributed by atoms with Crippen molar-refractivity contribution in [3.05, 3.63) is 21.8 Å². The Kier molecular flexibility index (Phi) is 6.89. The molecule has 1 rings (SSSR count). The number of benzene rings is 1. The minimum atomic E-state index is -0.701. The summed E-state index contributed by atoms with van der Waals surface area (Å²) in [6.07, 6.45) is 0. The van der Waals surface area contributed by atoms with Crippen LogP contribution >= 0.6 is 67.8 Å². The van der Waals surface area contributed by atoms with Crippen molar-refractivity contribution in [1.29, 1.82) is 0 Å². The number of halogens is 3. The second-order valence-electron chi connectivity index (χ2n) is 3.71. The normalized spacial score (nSPS) is 10.1. The lowest BCUT2D eigenvalue weighted by molar-refractivity contribution is -0.122. The van der Waals surface area contributed by atoms with Gasteiger partial charge in [0.15, 0.2) is 6.61 Å². The van der Waals surface area contributed by atoms with Crippen molar-refractivity contribution in [2.75, 3.05) is 13.7 Å². The van der Waals surface area contributed by atoms with Gasteiger partial charge in [-0.25, -0.2) is 0 Å². The van der Waals surface area contributed by atoms with Crippen molar-refractivity contribution >= 4 is 85.5 Å². The Morgan fingerprint density at radius 3 is 1.76 bits per heavy atom. The number of likely N-dealkylation sites (N-methyl/N-ethyl adjacent to an activating group) is 1. The molecule has 0 aliphatic heterocycles. The number of ether oxygens (including phenoxy) is 1. The molecule has 0 fully saturated rings. The Morgan fingerprint density at radius 2 is 1.43 bits per heavy atom. The summed E-state index contributed by atoms with van der Waals surface area (Å²) in [7, 11) is 1.47. The first kappa shape index (κ1) is 18.7. The molecular formula is C11H10I3N3O4. The predicted molar refractivity (Wildman–Crippen MR) is 101 cm³/mol. The maximum atomic E-state index is 11.6. The molecule has 0 aliphatic carbocycles. The second kappa shape index (κ2) is 7.75. The van der Waals surface area contributed by atoms with E-state index in [4.69, 9.17) is 16.2 Å². The van der Waals surface area contributed by atoms with Gasteiger partial charge in [-0.05, 0) is 67.8 Å². The lowest BCUT2D eigenvalue weighted by Crippen LogP contribution is -2.27. The predicted octanol–water partition coefficient (Wildman–Crippen LogP) is 0.823. The molecule has 0 heterocycles. The fourth-order valence-electron chi connectivity index (χ4n) is 1.41. The van der Waals surface area contributed by atoms with Gasteiger partial charge in [0.25, 0.3) is 17.7 Å². The average molecular weight is 629 g/mol. The summed E-state index contributed by atoms with van der Waals surface area (Å²) in [4.78, 5) is 34.5. The van der Waals surface area contributed by atoms with Crippen LogP contribution < -0.4 is 21.5 Å². The SMILES string of the molecule is CNC(=O)COc1c(I)c(C(N)=O)c(I)c(C(N)=O)c1I. The standard InChI is InChI=1S/C11H10I3N3O4/c1-17-3(18)2-21-9-7(13)4(10(15)19)6(12)5(8(9)14)11(16)20/h2H2,1H3,(H2,15,19)(H2,16,20)(H,17,18). The molecular weight excluding hydrogens is 619 g/mol. The van der Waals surface area contributed by atoms with Crippen molar-refractivity contribution in [3.8, 4) is 5.75 Å². The molecule has 0 unspecified atom stereocenters. The Labute approximate surface area is 161 Å². The fraction of sp³-hybridized carbons (Fsp3) is 0.182. The summed E-state index contributed by atoms with van der Waals surface area (Å²) in [5, 5.41) is 2.41. The first-order valence-electron chi connectivity index (χ1n) is 5.35. The number of nitrogens with one attached hydrogen (secondary N) is 1. The molecule has 1 aromatic rings. The van der Waals surface area contributed by atoms with Crippen LogP contribution in [-0.2, 0) is 4.79 Å². The Balaban J connectivity index is 3.52. The van der Waals surface area contributed by atoms with Gasteiger partial charge in [0.05, 0.1) is 18.3 Å². The maximum absolute atomic E-state index is 11.6. The quantitative estimate of drug-likeness (QED) is 0.418. The summed E-state index contributed by atoms with van der Waals surface area (Å²) >= 11 is 5.62. The summed E-state index contributed by atoms with van der Waals surface area (Å²) in [6, 6.07) is 0. The Morgan fingerprint density at radius 1 is 1.00 bits per heavy atom. The highest BCUT2D eigenvalue weighted by Crippen LogP contribution is 2.36. The summed E-state index contributed by atoms with van der Waals surface area (Å²) < 4.78 is 6.65. The molecule has 10 heteroatoms. The van der Waals surface area contributed by atoms with E-state index in [-0.39, 0.29) is 29.4 Å². The first-order valence-corrected chi connectivity index (χ1v) is 8.59. The number of carbonyl (C=O) groups is 3. The van der Waals surface area contributed by atoms with E-state index in [9.17, 15) is 14.4 Å². The molecule has 114 valence electrons. The number of amides is 3. The minimum absolute atomic E-state index is 0.150. The van der Waals surface area contributed by atoms with Crippen molar-refractivity contribution in [2.45, 2.75) is 0 Å². The molecule has 0 saturated carbocycles. The number of carbonyl (C=O) groups excluding carboxylic acids is 3. The summed E-state index contributed by atoms with van der Waals surface area (Å²) in [6.45, 7) is -0.250. The molecule has 21 heavy (non-hydrogen) atoms. The zero-order chi connectivity index (χ0) is 16.3. The van der Waals surface area contributed by atoms with Gasteiger partial charge in [0.1, 0.15) is 5.75 Å². The van der Waals surface area contributed by atoms with E-state index in [1.54, 1.807) is 0 Å². The molecule has 0 radical (unpaired) electrons. The Bertz CT molecular complexity index is 593. The molecule has 0 atom stereocenters. The van der Waals surface area contributed by atoms with Crippen LogP contribution in [0.5, 0.6) is 5.75 Å². The van der Waals surface area contributed by atoms with Crippen molar-refractivity contribution in [3.63, 3.8) is 0 Å². The minimum Gasteiger partial charge on any atom is -0.481 e. The third kappa shape index (κ3) is 4.08. The van der Waals surface area contributed by atoms with Crippen molar-refractivity contribution in [1.82, 2.24) is 5.32 Å². The van der Waals surface area contributed by atoms with Crippen LogP contribution in [0, 0.1) is 10.7 Å². The van der Waals surface area contributed by atoms with E-state index in [1.807, 2.05) is 67.8 Å². The van der Waals surface area contributed by atoms with Crippen LogP contribution in [0.15, 0.2) is 0 Å². The molecule has 0 bridgehead atoms. The molecule has 0 aromatic heterocycles. The number of primary amides is 2. The van der Waals surface area contributed by atoms with Gasteiger partial charge in [-0.1, -0.05) is 0 Å². The average Bonchev–Trinajstić information content (AvgIpc) is 2.36. The molecule has 1 aromatic carbocycles. The highest BCUT2D eigenvalue weighted by Gasteiger charge is 2.26. The van der Waals surface area contributed by atoms with Crippen molar-refractivity contribution in [2.24, 2.45) is 11.5 Å². The number of hydrogen-bond donors (Lipinski definition) is 3. The van der Waals surface area contributed by atoms with E-state index in [0.29, 0.717) is 10.7 Å². The van der Waals surface area contributed by atoms with Gasteiger partial charge >= 0.3 is 0 Å². The van der Waals surface area contributed by atoms with Crippen LogP contribution in [0.25, 0.3) is 0 Å². The molecule has 0 aliphatic rings. The molecule has 0 saturated heterocycles. The summed E-state index contributed by atoms with van der Waals surface area (Å²) in [5.41, 5.74) is 11.0. The van der Waals surface area contributed by atoms with Gasteiger partial charge < -0.3 is 21.5 Å². The molecule has 7 nitrogen and oxygen atoms in total. The lowest BCUT2D eigenvalue weighted by atomic mass is 10.1. The van der Waals surface area contributed by atoms with Crippen LogP contribution in [0.4, 0.5) is 0 Å². The van der Waals surface area contributed by atoms with Gasteiger partial charge in [-0.15, -0.1) is 0 Å². The summed E-state index contributed by atoms with van der Waals surface area (Å²) in [5.74, 6) is -1.51. The highest BCUT2D eigenvalue weighted by atomic mass is 127. The largest absolute Gasteiger partial charge is 0.481 e. The maximum Gasteiger partial charge on any atom is 0.257 e. The third-order valence-electron chi connectivity index (χ3n) is 2.40. The number of nitrogens with two attached hydrogens (primary N) is 2. The van der Waals surface area contributed by atoms with Crippen LogP contribution in [0.2, 0.25) is 0 Å². The van der Waals surface area contributed by atoms with Crippen molar-refractivity contribution < 1.29 is 19.1 Å². The van der Waals surface area contributed by atoms with E-state index in [0.717, 1.165) is 0 Å². The fourth-order valence-corrected chi connectivity index (χ4v) is 5.95. The van der Waals surface area contributed by atoms with Crippen LogP contribution in [0.3, 0.4) is 0 Å². The molecule has 0 spiro atoms. The number of hydrogen-bond acceptors (Lipinski definition) is 4. The van der Waals surface area contributed by atoms with Crippen LogP contribution in [0.1, 0.15) is 20.7 Å². The lowest BCUT2D eigenvalue weighted by Gasteiger charge is -2.16. The van der Waals surface area contributed by atoms with Gasteiger partial charge in [-0.3, -0.25) is 14.4 Å². The smallest absolute Gasteiger partial charge is 0.257 e. The van der Waals surface area contributed by atoms with Gasteiger partial charge in [-0.2, -0.15) is 0 Å². The van der Waals surface area contributed by atoms with E-state index in [2.05, 4.69) is 5.32 Å². The second-order valence-corrected chi connectivity index (χ2v) is 6.95. The molecule has 5 N–H and O–H groups in total. The topological polar surface area (TPSA) is 125 Å². The highest BCUT2D eigenvalue weighted by molar-refractivity contribution is 14.1. The van der Waals surface area contributed by atoms with Gasteiger partial charge in [0.2, 0.25) is 0 Å². The first-order chi connectivity index (χ1) is 9.72. The van der Waals surface area contributed by atoms with E-state index >= 15 is 0 Å². The van der Waals surface area contributed by atoms with Crippen LogP contribution in [-0.4, -0.2) is 31.4 Å².